The summed E-state index contributed by atoms with van der Waals surface area (Å²) >= 11 is 1.87. The molecule has 14 heavy (non-hydrogen) atoms. The summed E-state index contributed by atoms with van der Waals surface area (Å²) in [6, 6.07) is 0. The second-order valence-electron chi connectivity index (χ2n) is 3.35. The Morgan fingerprint density at radius 3 is 2.79 bits per heavy atom. The molecule has 3 nitrogen and oxygen atoms in total. The van der Waals surface area contributed by atoms with E-state index in [0.29, 0.717) is 25.0 Å². The molecule has 0 aliphatic heterocycles. The summed E-state index contributed by atoms with van der Waals surface area (Å²) in [5.41, 5.74) is 0. The summed E-state index contributed by atoms with van der Waals surface area (Å²) in [6.45, 7) is 6.83. The summed E-state index contributed by atoms with van der Waals surface area (Å²) in [5.74, 6) is 0. The molecular weight excluding hydrogens is 198 g/mol. The Bertz CT molecular complexity index is 125. The van der Waals surface area contributed by atoms with Gasteiger partial charge >= 0.3 is 0 Å². The minimum atomic E-state index is -0.375. The van der Waals surface area contributed by atoms with Crippen molar-refractivity contribution < 1.29 is 9.84 Å². The van der Waals surface area contributed by atoms with Crippen LogP contribution >= 0.6 is 11.8 Å². The molecule has 0 aliphatic carbocycles. The zero-order valence-electron chi connectivity index (χ0n) is 9.45. The van der Waals surface area contributed by atoms with Crippen molar-refractivity contribution in [3.05, 3.63) is 0 Å². The van der Waals surface area contributed by atoms with Gasteiger partial charge in [-0.15, -0.1) is 0 Å². The van der Waals surface area contributed by atoms with E-state index in [2.05, 4.69) is 18.5 Å². The first-order valence-corrected chi connectivity index (χ1v) is 6.48. The van der Waals surface area contributed by atoms with Gasteiger partial charge in [0.2, 0.25) is 0 Å². The van der Waals surface area contributed by atoms with Crippen molar-refractivity contribution in [3.8, 4) is 0 Å². The van der Waals surface area contributed by atoms with Gasteiger partial charge in [0.25, 0.3) is 0 Å². The highest BCUT2D eigenvalue weighted by Gasteiger charge is 2.03. The smallest absolute Gasteiger partial charge is 0.0897 e. The molecule has 0 rings (SSSR count). The molecule has 2 atom stereocenters. The molecule has 0 aromatic rings. The highest BCUT2D eigenvalue weighted by Crippen LogP contribution is 2.07. The van der Waals surface area contributed by atoms with Crippen molar-refractivity contribution in [2.24, 2.45) is 0 Å². The van der Waals surface area contributed by atoms with Crippen LogP contribution in [-0.2, 0) is 4.74 Å². The Kier molecular flexibility index (Phi) is 9.93. The molecule has 0 aromatic carbocycles. The van der Waals surface area contributed by atoms with Gasteiger partial charge in [0.1, 0.15) is 0 Å². The summed E-state index contributed by atoms with van der Waals surface area (Å²) < 4.78 is 5.10. The van der Waals surface area contributed by atoms with Gasteiger partial charge in [-0.2, -0.15) is 11.8 Å². The number of hydrogen-bond acceptors (Lipinski definition) is 4. The Morgan fingerprint density at radius 2 is 2.21 bits per heavy atom. The second-order valence-corrected chi connectivity index (χ2v) is 4.63. The summed E-state index contributed by atoms with van der Waals surface area (Å²) in [4.78, 5) is 0. The first kappa shape index (κ1) is 14.2. The van der Waals surface area contributed by atoms with E-state index in [1.807, 2.05) is 18.7 Å². The number of aliphatic hydroxyl groups excluding tert-OH is 1. The molecule has 0 heterocycles. The van der Waals surface area contributed by atoms with Crippen molar-refractivity contribution in [3.63, 3.8) is 0 Å². The van der Waals surface area contributed by atoms with Gasteiger partial charge in [0.15, 0.2) is 0 Å². The maximum Gasteiger partial charge on any atom is 0.0897 e. The van der Waals surface area contributed by atoms with E-state index in [1.54, 1.807) is 0 Å². The highest BCUT2D eigenvalue weighted by molar-refractivity contribution is 7.99. The molecule has 0 spiro atoms. The Balaban J connectivity index is 3.18. The molecule has 0 radical (unpaired) electrons. The van der Waals surface area contributed by atoms with Crippen LogP contribution in [0, 0.1) is 0 Å². The maximum atomic E-state index is 9.41. The average Bonchev–Trinajstić information content (AvgIpc) is 2.21. The third kappa shape index (κ3) is 8.81. The van der Waals surface area contributed by atoms with Crippen LogP contribution in [0.2, 0.25) is 0 Å². The minimum Gasteiger partial charge on any atom is -0.389 e. The predicted molar refractivity (Wildman–Crippen MR) is 63.0 cm³/mol. The van der Waals surface area contributed by atoms with Crippen LogP contribution in [0.3, 0.4) is 0 Å². The van der Waals surface area contributed by atoms with E-state index >= 15 is 0 Å². The van der Waals surface area contributed by atoms with Gasteiger partial charge in [-0.05, 0) is 26.1 Å². The fourth-order valence-corrected chi connectivity index (χ4v) is 1.36. The lowest BCUT2D eigenvalue weighted by molar-refractivity contribution is 0.0429. The molecule has 86 valence electrons. The zero-order chi connectivity index (χ0) is 10.8. The summed E-state index contributed by atoms with van der Waals surface area (Å²) in [6.07, 6.45) is 2.89. The summed E-state index contributed by atoms with van der Waals surface area (Å²) in [5, 5.41) is 13.3. The van der Waals surface area contributed by atoms with Gasteiger partial charge in [-0.3, -0.25) is 0 Å². The third-order valence-corrected chi connectivity index (χ3v) is 3.06. The largest absolute Gasteiger partial charge is 0.389 e. The highest BCUT2D eigenvalue weighted by atomic mass is 32.2. The number of rotatable bonds is 9. The van der Waals surface area contributed by atoms with Gasteiger partial charge in [-0.25, -0.2) is 0 Å². The van der Waals surface area contributed by atoms with E-state index in [-0.39, 0.29) is 6.10 Å². The average molecular weight is 221 g/mol. The van der Waals surface area contributed by atoms with Crippen molar-refractivity contribution in [2.45, 2.75) is 31.6 Å². The van der Waals surface area contributed by atoms with Crippen LogP contribution in [-0.4, -0.2) is 49.0 Å². The molecule has 0 saturated heterocycles. The third-order valence-electron chi connectivity index (χ3n) is 2.02. The zero-order valence-corrected chi connectivity index (χ0v) is 10.3. The second kappa shape index (κ2) is 9.77. The van der Waals surface area contributed by atoms with Crippen molar-refractivity contribution in [2.75, 3.05) is 32.6 Å². The number of aliphatic hydroxyl groups is 1. The lowest BCUT2D eigenvalue weighted by Crippen LogP contribution is -2.31. The van der Waals surface area contributed by atoms with Crippen LogP contribution in [0.1, 0.15) is 20.3 Å². The molecule has 0 bridgehead atoms. The Labute approximate surface area is 91.6 Å². The molecule has 4 heteroatoms. The quantitative estimate of drug-likeness (QED) is 0.572. The number of ether oxygens (including phenoxy) is 1. The lowest BCUT2D eigenvalue weighted by Gasteiger charge is -2.13. The predicted octanol–water partition coefficient (Wildman–Crippen LogP) is 1.11. The van der Waals surface area contributed by atoms with E-state index in [1.165, 1.54) is 0 Å². The topological polar surface area (TPSA) is 41.5 Å². The van der Waals surface area contributed by atoms with Crippen LogP contribution < -0.4 is 5.32 Å². The van der Waals surface area contributed by atoms with Gasteiger partial charge < -0.3 is 15.2 Å². The fraction of sp³-hybridized carbons (Fsp3) is 1.00. The molecule has 0 aliphatic rings. The molecule has 0 aromatic heterocycles. The van der Waals surface area contributed by atoms with Crippen LogP contribution in [0.15, 0.2) is 0 Å². The van der Waals surface area contributed by atoms with Crippen LogP contribution in [0.25, 0.3) is 0 Å². The van der Waals surface area contributed by atoms with E-state index in [4.69, 9.17) is 4.74 Å². The van der Waals surface area contributed by atoms with Gasteiger partial charge in [0.05, 0.1) is 12.7 Å². The van der Waals surface area contributed by atoms with E-state index in [9.17, 15) is 5.11 Å². The molecule has 0 amide bonds. The standard InChI is InChI=1S/C10H23NO2S/c1-4-13-8-10(12)7-11-6-5-9(2)14-3/h9-12H,4-8H2,1-3H3. The van der Waals surface area contributed by atoms with Gasteiger partial charge in [0, 0.05) is 18.4 Å². The first-order chi connectivity index (χ1) is 6.70. The van der Waals surface area contributed by atoms with Crippen LogP contribution in [0.4, 0.5) is 0 Å². The SMILES string of the molecule is CCOCC(O)CNCCC(C)SC. The first-order valence-electron chi connectivity index (χ1n) is 5.20. The Morgan fingerprint density at radius 1 is 1.50 bits per heavy atom. The number of hydrogen-bond donors (Lipinski definition) is 2. The summed E-state index contributed by atoms with van der Waals surface area (Å²) in [7, 11) is 0. The van der Waals surface area contributed by atoms with Crippen molar-refractivity contribution in [1.29, 1.82) is 0 Å². The Hall–Kier alpha value is 0.230. The molecular formula is C10H23NO2S. The fourth-order valence-electron chi connectivity index (χ4n) is 1.00. The molecule has 2 N–H and O–H groups in total. The molecule has 0 saturated carbocycles. The number of nitrogens with one attached hydrogen (secondary N) is 1. The van der Waals surface area contributed by atoms with Crippen molar-refractivity contribution in [1.82, 2.24) is 5.32 Å². The van der Waals surface area contributed by atoms with Crippen LogP contribution in [0.5, 0.6) is 0 Å². The van der Waals surface area contributed by atoms with E-state index in [0.717, 1.165) is 13.0 Å². The molecule has 0 fully saturated rings. The lowest BCUT2D eigenvalue weighted by atomic mass is 10.3. The van der Waals surface area contributed by atoms with Crippen molar-refractivity contribution >= 4 is 11.8 Å². The maximum absolute atomic E-state index is 9.41. The minimum absolute atomic E-state index is 0.375. The van der Waals surface area contributed by atoms with Gasteiger partial charge in [-0.1, -0.05) is 6.92 Å². The normalized spacial score (nSPS) is 15.4. The molecule has 2 unspecified atom stereocenters. The van der Waals surface area contributed by atoms with E-state index < -0.39 is 0 Å². The number of thioether (sulfide) groups is 1. The monoisotopic (exact) mass is 221 g/mol.